The Bertz CT molecular complexity index is 806. The van der Waals surface area contributed by atoms with Crippen molar-refractivity contribution in [2.45, 2.75) is 13.5 Å². The molecule has 0 aliphatic carbocycles. The lowest BCUT2D eigenvalue weighted by Gasteiger charge is -2.06. The first kappa shape index (κ1) is 12.3. The quantitative estimate of drug-likeness (QED) is 0.735. The molecule has 0 saturated heterocycles. The first-order valence-electron chi connectivity index (χ1n) is 5.79. The molecule has 0 aliphatic heterocycles. The molecule has 0 unspecified atom stereocenters. The smallest absolute Gasteiger partial charge is 0.179 e. The molecule has 0 bridgehead atoms. The average molecular weight is 291 g/mol. The first-order valence-corrected chi connectivity index (χ1v) is 6.57. The minimum absolute atomic E-state index is 0.594. The average Bonchev–Trinajstić information content (AvgIpc) is 2.68. The highest BCUT2D eigenvalue weighted by molar-refractivity contribution is 7.71. The van der Waals surface area contributed by atoms with Gasteiger partial charge in [-0.25, -0.2) is 4.98 Å². The van der Waals surface area contributed by atoms with Crippen LogP contribution in [0.1, 0.15) is 11.1 Å². The zero-order valence-electron chi connectivity index (χ0n) is 10.2. The van der Waals surface area contributed by atoms with Gasteiger partial charge >= 0.3 is 0 Å². The van der Waals surface area contributed by atoms with E-state index in [9.17, 15) is 0 Å². The van der Waals surface area contributed by atoms with Crippen LogP contribution in [-0.4, -0.2) is 19.5 Å². The maximum atomic E-state index is 5.93. The summed E-state index contributed by atoms with van der Waals surface area (Å²) >= 11 is 11.3. The summed E-state index contributed by atoms with van der Waals surface area (Å²) in [5.74, 6) is 0. The number of hydrogen-bond acceptors (Lipinski definition) is 3. The summed E-state index contributed by atoms with van der Waals surface area (Å²) in [7, 11) is 0. The second kappa shape index (κ2) is 4.75. The van der Waals surface area contributed by atoms with Gasteiger partial charge in [0.2, 0.25) is 0 Å². The number of imidazole rings is 1. The minimum Gasteiger partial charge on any atom is -0.329 e. The molecule has 1 N–H and O–H groups in total. The Morgan fingerprint density at radius 3 is 3.05 bits per heavy atom. The van der Waals surface area contributed by atoms with Crippen molar-refractivity contribution in [3.05, 3.63) is 51.6 Å². The number of pyridine rings is 2. The number of nitrogens with zero attached hydrogens (tertiary/aromatic N) is 3. The number of rotatable bonds is 2. The highest BCUT2D eigenvalue weighted by atomic mass is 35.5. The third kappa shape index (κ3) is 2.27. The van der Waals surface area contributed by atoms with Gasteiger partial charge < -0.3 is 4.98 Å². The SMILES string of the molecule is Cc1cnccc1Cn1c(=S)[nH]c2cc(Cl)cnc21. The van der Waals surface area contributed by atoms with Crippen LogP contribution in [0, 0.1) is 11.7 Å². The summed E-state index contributed by atoms with van der Waals surface area (Å²) < 4.78 is 2.60. The van der Waals surface area contributed by atoms with Crippen molar-refractivity contribution < 1.29 is 0 Å². The van der Waals surface area contributed by atoms with E-state index in [1.165, 1.54) is 5.56 Å². The second-order valence-corrected chi connectivity index (χ2v) is 5.17. The van der Waals surface area contributed by atoms with Gasteiger partial charge in [0.15, 0.2) is 10.4 Å². The second-order valence-electron chi connectivity index (χ2n) is 4.34. The number of H-pyrrole nitrogens is 1. The molecule has 3 aromatic heterocycles. The molecule has 19 heavy (non-hydrogen) atoms. The van der Waals surface area contributed by atoms with Crippen LogP contribution in [0.3, 0.4) is 0 Å². The van der Waals surface area contributed by atoms with Gasteiger partial charge in [0.25, 0.3) is 0 Å². The third-order valence-electron chi connectivity index (χ3n) is 3.04. The Morgan fingerprint density at radius 2 is 2.26 bits per heavy atom. The van der Waals surface area contributed by atoms with Gasteiger partial charge in [-0.15, -0.1) is 0 Å². The van der Waals surface area contributed by atoms with E-state index in [1.807, 2.05) is 29.8 Å². The van der Waals surface area contributed by atoms with Gasteiger partial charge in [-0.2, -0.15) is 0 Å². The Balaban J connectivity index is 2.13. The predicted molar refractivity (Wildman–Crippen MR) is 78.0 cm³/mol. The topological polar surface area (TPSA) is 46.5 Å². The predicted octanol–water partition coefficient (Wildman–Crippen LogP) is 3.50. The van der Waals surface area contributed by atoms with Crippen LogP contribution in [0.25, 0.3) is 11.2 Å². The fourth-order valence-corrected chi connectivity index (χ4v) is 2.43. The standard InChI is InChI=1S/C13H11ClN4S/c1-8-5-15-3-2-9(8)7-18-12-11(17-13(18)19)4-10(14)6-16-12/h2-6H,7H2,1H3,(H,17,19). The summed E-state index contributed by atoms with van der Waals surface area (Å²) in [5, 5.41) is 0.594. The lowest BCUT2D eigenvalue weighted by molar-refractivity contribution is 0.793. The van der Waals surface area contributed by atoms with Crippen molar-refractivity contribution in [3.8, 4) is 0 Å². The molecule has 3 heterocycles. The van der Waals surface area contributed by atoms with Crippen LogP contribution in [0.2, 0.25) is 5.02 Å². The molecule has 0 fully saturated rings. The monoisotopic (exact) mass is 290 g/mol. The minimum atomic E-state index is 0.594. The van der Waals surface area contributed by atoms with E-state index in [4.69, 9.17) is 23.8 Å². The van der Waals surface area contributed by atoms with Crippen LogP contribution >= 0.6 is 23.8 Å². The zero-order valence-corrected chi connectivity index (χ0v) is 11.8. The van der Waals surface area contributed by atoms with Crippen LogP contribution < -0.4 is 0 Å². The normalized spacial score (nSPS) is 11.1. The number of hydrogen-bond donors (Lipinski definition) is 1. The largest absolute Gasteiger partial charge is 0.329 e. The molecule has 96 valence electrons. The number of nitrogens with one attached hydrogen (secondary N) is 1. The molecule has 0 saturated carbocycles. The summed E-state index contributed by atoms with van der Waals surface area (Å²) in [4.78, 5) is 11.6. The maximum absolute atomic E-state index is 5.93. The van der Waals surface area contributed by atoms with E-state index >= 15 is 0 Å². The van der Waals surface area contributed by atoms with E-state index in [1.54, 1.807) is 12.4 Å². The van der Waals surface area contributed by atoms with Gasteiger partial charge in [0, 0.05) is 18.6 Å². The molecule has 6 heteroatoms. The number of halogens is 1. The van der Waals surface area contributed by atoms with Crippen molar-refractivity contribution in [3.63, 3.8) is 0 Å². The van der Waals surface area contributed by atoms with Gasteiger partial charge in [-0.3, -0.25) is 9.55 Å². The molecule has 0 radical (unpaired) electrons. The van der Waals surface area contributed by atoms with E-state index < -0.39 is 0 Å². The Morgan fingerprint density at radius 1 is 1.42 bits per heavy atom. The zero-order chi connectivity index (χ0) is 13.4. The van der Waals surface area contributed by atoms with Crippen molar-refractivity contribution in [1.82, 2.24) is 19.5 Å². The van der Waals surface area contributed by atoms with Gasteiger partial charge in [0.05, 0.1) is 17.1 Å². The molecule has 0 amide bonds. The number of aryl methyl sites for hydroxylation is 1. The van der Waals surface area contributed by atoms with E-state index in [-0.39, 0.29) is 0 Å². The lowest BCUT2D eigenvalue weighted by Crippen LogP contribution is -2.02. The molecular formula is C13H11ClN4S. The molecule has 0 atom stereocenters. The van der Waals surface area contributed by atoms with Crippen LogP contribution in [0.4, 0.5) is 0 Å². The molecule has 3 rings (SSSR count). The number of aromatic nitrogens is 4. The molecular weight excluding hydrogens is 280 g/mol. The van der Waals surface area contributed by atoms with Crippen molar-refractivity contribution >= 4 is 35.0 Å². The molecule has 0 spiro atoms. The summed E-state index contributed by atoms with van der Waals surface area (Å²) in [5.41, 5.74) is 3.96. The Hall–Kier alpha value is -1.72. The fraction of sp³-hybridized carbons (Fsp3) is 0.154. The van der Waals surface area contributed by atoms with Crippen LogP contribution in [0.15, 0.2) is 30.7 Å². The van der Waals surface area contributed by atoms with Crippen LogP contribution in [-0.2, 0) is 6.54 Å². The van der Waals surface area contributed by atoms with Gasteiger partial charge in [0.1, 0.15) is 0 Å². The molecule has 3 aromatic rings. The number of aromatic amines is 1. The van der Waals surface area contributed by atoms with Crippen LogP contribution in [0.5, 0.6) is 0 Å². The Labute approximate surface area is 120 Å². The highest BCUT2D eigenvalue weighted by Crippen LogP contribution is 2.18. The molecule has 4 nitrogen and oxygen atoms in total. The molecule has 0 aromatic carbocycles. The van der Waals surface area contributed by atoms with E-state index in [2.05, 4.69) is 15.0 Å². The van der Waals surface area contributed by atoms with Crippen molar-refractivity contribution in [1.29, 1.82) is 0 Å². The van der Waals surface area contributed by atoms with E-state index in [0.29, 0.717) is 16.3 Å². The van der Waals surface area contributed by atoms with Crippen molar-refractivity contribution in [2.75, 3.05) is 0 Å². The highest BCUT2D eigenvalue weighted by Gasteiger charge is 2.08. The first-order chi connectivity index (χ1) is 9.15. The lowest BCUT2D eigenvalue weighted by atomic mass is 10.1. The third-order valence-corrected chi connectivity index (χ3v) is 3.57. The summed E-state index contributed by atoms with van der Waals surface area (Å²) in [6.07, 6.45) is 5.26. The summed E-state index contributed by atoms with van der Waals surface area (Å²) in [6.45, 7) is 2.70. The maximum Gasteiger partial charge on any atom is 0.179 e. The summed E-state index contributed by atoms with van der Waals surface area (Å²) in [6, 6.07) is 3.82. The van der Waals surface area contributed by atoms with E-state index in [0.717, 1.165) is 16.7 Å². The van der Waals surface area contributed by atoms with Gasteiger partial charge in [-0.05, 0) is 42.4 Å². The van der Waals surface area contributed by atoms with Crippen molar-refractivity contribution in [2.24, 2.45) is 0 Å². The molecule has 0 aliphatic rings. The number of fused-ring (bicyclic) bond motifs is 1. The van der Waals surface area contributed by atoms with Gasteiger partial charge in [-0.1, -0.05) is 11.6 Å². The Kier molecular flexibility index (Phi) is 3.08. The fourth-order valence-electron chi connectivity index (χ4n) is 2.01.